The predicted octanol–water partition coefficient (Wildman–Crippen LogP) is -0.807. The largest absolute Gasteiger partial charge is 0.375 e. The Kier molecular flexibility index (Phi) is 4.61. The molecule has 0 saturated carbocycles. The molecule has 0 aromatic rings. The standard InChI is InChI=1S/C5H14N2O2/c1-3-9-4(2)5(8)7-6/h4-5,7-8H,3,6H2,1-2H3/t4-,5?/m1/s1. The number of rotatable bonds is 4. The molecule has 0 aromatic carbocycles. The fraction of sp³-hybridized carbons (Fsp3) is 1.00. The summed E-state index contributed by atoms with van der Waals surface area (Å²) < 4.78 is 5.00. The average molecular weight is 134 g/mol. The molecule has 0 rings (SSSR count). The Hall–Kier alpha value is -0.160. The number of hydrogen-bond acceptors (Lipinski definition) is 4. The number of hydrazine groups is 1. The first-order valence-electron chi connectivity index (χ1n) is 2.98. The van der Waals surface area contributed by atoms with Gasteiger partial charge in [-0.05, 0) is 13.8 Å². The van der Waals surface area contributed by atoms with Crippen LogP contribution in [0.25, 0.3) is 0 Å². The fourth-order valence-electron chi connectivity index (χ4n) is 0.490. The van der Waals surface area contributed by atoms with Gasteiger partial charge in [0.05, 0.1) is 6.10 Å². The zero-order chi connectivity index (χ0) is 7.28. The van der Waals surface area contributed by atoms with Gasteiger partial charge in [0.2, 0.25) is 0 Å². The molecule has 0 aromatic heterocycles. The molecule has 4 N–H and O–H groups in total. The van der Waals surface area contributed by atoms with E-state index < -0.39 is 6.23 Å². The first-order valence-corrected chi connectivity index (χ1v) is 2.98. The maximum Gasteiger partial charge on any atom is 0.143 e. The van der Waals surface area contributed by atoms with Gasteiger partial charge in [0, 0.05) is 6.61 Å². The van der Waals surface area contributed by atoms with Crippen molar-refractivity contribution >= 4 is 0 Å². The lowest BCUT2D eigenvalue weighted by Crippen LogP contribution is -2.43. The summed E-state index contributed by atoms with van der Waals surface area (Å²) in [5, 5.41) is 8.90. The monoisotopic (exact) mass is 134 g/mol. The van der Waals surface area contributed by atoms with Crippen molar-refractivity contribution in [1.29, 1.82) is 0 Å². The molecular formula is C5H14N2O2. The van der Waals surface area contributed by atoms with Crippen LogP contribution in [0.1, 0.15) is 13.8 Å². The SMILES string of the molecule is CCO[C@H](C)C(O)NN. The molecule has 0 bridgehead atoms. The Morgan fingerprint density at radius 3 is 2.67 bits per heavy atom. The maximum absolute atomic E-state index is 8.90. The van der Waals surface area contributed by atoms with Gasteiger partial charge < -0.3 is 9.84 Å². The van der Waals surface area contributed by atoms with Crippen molar-refractivity contribution in [2.24, 2.45) is 5.84 Å². The molecule has 9 heavy (non-hydrogen) atoms. The van der Waals surface area contributed by atoms with Crippen molar-refractivity contribution in [3.63, 3.8) is 0 Å². The summed E-state index contributed by atoms with van der Waals surface area (Å²) in [5.41, 5.74) is 2.18. The molecule has 1 unspecified atom stereocenters. The first-order chi connectivity index (χ1) is 4.22. The van der Waals surface area contributed by atoms with E-state index >= 15 is 0 Å². The zero-order valence-electron chi connectivity index (χ0n) is 5.79. The van der Waals surface area contributed by atoms with E-state index in [9.17, 15) is 0 Å². The van der Waals surface area contributed by atoms with Crippen LogP contribution >= 0.6 is 0 Å². The van der Waals surface area contributed by atoms with Gasteiger partial charge in [0.1, 0.15) is 6.23 Å². The van der Waals surface area contributed by atoms with E-state index in [4.69, 9.17) is 15.7 Å². The third kappa shape index (κ3) is 3.42. The Bertz CT molecular complexity index is 70.0. The lowest BCUT2D eigenvalue weighted by molar-refractivity contribution is -0.0368. The highest BCUT2D eigenvalue weighted by Crippen LogP contribution is 1.92. The Morgan fingerprint density at radius 1 is 1.78 bits per heavy atom. The number of aliphatic hydroxyl groups is 1. The second-order valence-corrected chi connectivity index (χ2v) is 1.77. The van der Waals surface area contributed by atoms with Gasteiger partial charge in [-0.25, -0.2) is 5.43 Å². The maximum atomic E-state index is 8.90. The molecule has 0 aliphatic rings. The summed E-state index contributed by atoms with van der Waals surface area (Å²) in [5.74, 6) is 4.92. The van der Waals surface area contributed by atoms with E-state index in [1.807, 2.05) is 6.92 Å². The number of nitrogens with one attached hydrogen (secondary N) is 1. The Morgan fingerprint density at radius 2 is 2.33 bits per heavy atom. The number of hydrogen-bond donors (Lipinski definition) is 3. The number of nitrogens with two attached hydrogens (primary N) is 1. The summed E-state index contributed by atoms with van der Waals surface area (Å²) in [7, 11) is 0. The zero-order valence-corrected chi connectivity index (χ0v) is 5.79. The normalized spacial score (nSPS) is 17.3. The van der Waals surface area contributed by atoms with Gasteiger partial charge in [0.15, 0.2) is 0 Å². The second-order valence-electron chi connectivity index (χ2n) is 1.77. The summed E-state index contributed by atoms with van der Waals surface area (Å²) >= 11 is 0. The summed E-state index contributed by atoms with van der Waals surface area (Å²) in [6.07, 6.45) is -1.02. The molecule has 56 valence electrons. The van der Waals surface area contributed by atoms with Crippen molar-refractivity contribution in [3.8, 4) is 0 Å². The molecule has 0 fully saturated rings. The van der Waals surface area contributed by atoms with Crippen LogP contribution in [-0.2, 0) is 4.74 Å². The van der Waals surface area contributed by atoms with E-state index in [1.54, 1.807) is 6.92 Å². The average Bonchev–Trinajstić information content (AvgIpc) is 1.87. The van der Waals surface area contributed by atoms with Gasteiger partial charge in [-0.3, -0.25) is 5.84 Å². The van der Waals surface area contributed by atoms with E-state index in [1.165, 1.54) is 0 Å². The third-order valence-corrected chi connectivity index (χ3v) is 1.04. The van der Waals surface area contributed by atoms with Gasteiger partial charge in [-0.15, -0.1) is 0 Å². The molecule has 0 radical (unpaired) electrons. The molecule has 0 aliphatic carbocycles. The molecule has 0 heterocycles. The van der Waals surface area contributed by atoms with Crippen LogP contribution < -0.4 is 11.3 Å². The minimum absolute atomic E-state index is 0.250. The van der Waals surface area contributed by atoms with Crippen molar-refractivity contribution in [3.05, 3.63) is 0 Å². The lowest BCUT2D eigenvalue weighted by atomic mass is 10.4. The van der Waals surface area contributed by atoms with E-state index in [2.05, 4.69) is 5.43 Å². The summed E-state index contributed by atoms with van der Waals surface area (Å²) in [6.45, 7) is 4.19. The Balaban J connectivity index is 3.32. The molecular weight excluding hydrogens is 120 g/mol. The molecule has 2 atom stereocenters. The molecule has 0 amide bonds. The summed E-state index contributed by atoms with van der Waals surface area (Å²) in [6, 6.07) is 0. The van der Waals surface area contributed by atoms with E-state index in [0.717, 1.165) is 0 Å². The topological polar surface area (TPSA) is 67.5 Å². The molecule has 0 saturated heterocycles. The van der Waals surface area contributed by atoms with Crippen LogP contribution in [0, 0.1) is 0 Å². The highest BCUT2D eigenvalue weighted by molar-refractivity contribution is 4.56. The lowest BCUT2D eigenvalue weighted by Gasteiger charge is -2.16. The van der Waals surface area contributed by atoms with Crippen molar-refractivity contribution in [2.45, 2.75) is 26.2 Å². The highest BCUT2D eigenvalue weighted by atomic mass is 16.5. The second kappa shape index (κ2) is 4.69. The van der Waals surface area contributed by atoms with Crippen LogP contribution in [0.2, 0.25) is 0 Å². The minimum Gasteiger partial charge on any atom is -0.375 e. The molecule has 4 nitrogen and oxygen atoms in total. The minimum atomic E-state index is -0.773. The quantitative estimate of drug-likeness (QED) is 0.267. The molecule has 4 heteroatoms. The van der Waals surface area contributed by atoms with Crippen molar-refractivity contribution in [1.82, 2.24) is 5.43 Å². The van der Waals surface area contributed by atoms with Crippen LogP contribution in [0.3, 0.4) is 0 Å². The molecule has 0 spiro atoms. The highest BCUT2D eigenvalue weighted by Gasteiger charge is 2.10. The van der Waals surface area contributed by atoms with Gasteiger partial charge in [0.25, 0.3) is 0 Å². The van der Waals surface area contributed by atoms with E-state index in [-0.39, 0.29) is 6.10 Å². The van der Waals surface area contributed by atoms with Crippen LogP contribution in [-0.4, -0.2) is 24.0 Å². The predicted molar refractivity (Wildman–Crippen MR) is 34.4 cm³/mol. The third-order valence-electron chi connectivity index (χ3n) is 1.04. The molecule has 0 aliphatic heterocycles. The smallest absolute Gasteiger partial charge is 0.143 e. The number of ether oxygens (including phenoxy) is 1. The van der Waals surface area contributed by atoms with Gasteiger partial charge in [-0.2, -0.15) is 0 Å². The van der Waals surface area contributed by atoms with Gasteiger partial charge >= 0.3 is 0 Å². The van der Waals surface area contributed by atoms with Crippen molar-refractivity contribution in [2.75, 3.05) is 6.61 Å². The van der Waals surface area contributed by atoms with Gasteiger partial charge in [-0.1, -0.05) is 0 Å². The summed E-state index contributed by atoms with van der Waals surface area (Å²) in [4.78, 5) is 0. The van der Waals surface area contributed by atoms with Crippen LogP contribution in [0.15, 0.2) is 0 Å². The van der Waals surface area contributed by atoms with Crippen LogP contribution in [0.4, 0.5) is 0 Å². The fourth-order valence-corrected chi connectivity index (χ4v) is 0.490. The first kappa shape index (κ1) is 8.84. The van der Waals surface area contributed by atoms with Crippen LogP contribution in [0.5, 0.6) is 0 Å². The van der Waals surface area contributed by atoms with E-state index in [0.29, 0.717) is 6.61 Å². The number of aliphatic hydroxyl groups excluding tert-OH is 1. The van der Waals surface area contributed by atoms with Crippen molar-refractivity contribution < 1.29 is 9.84 Å². The Labute approximate surface area is 55.0 Å².